The highest BCUT2D eigenvalue weighted by Crippen LogP contribution is 2.62. The van der Waals surface area contributed by atoms with Crippen LogP contribution in [0.15, 0.2) is 24.3 Å². The van der Waals surface area contributed by atoms with Crippen molar-refractivity contribution in [3.63, 3.8) is 0 Å². The molecule has 0 bridgehead atoms. The lowest BCUT2D eigenvalue weighted by Gasteiger charge is -2.51. The second-order valence-corrected chi connectivity index (χ2v) is 9.87. The molecule has 5 heteroatoms. The number of benzene rings is 1. The zero-order valence-corrected chi connectivity index (χ0v) is 17.6. The monoisotopic (exact) mass is 399 g/mol. The van der Waals surface area contributed by atoms with Gasteiger partial charge in [-0.15, -0.1) is 0 Å². The number of esters is 1. The number of fused-ring (bicyclic) bond motifs is 3. The minimum Gasteiger partial charge on any atom is -0.496 e. The number of hydrogen-bond acceptors (Lipinski definition) is 5. The van der Waals surface area contributed by atoms with Crippen LogP contribution in [0.1, 0.15) is 44.6 Å². The van der Waals surface area contributed by atoms with Crippen LogP contribution in [0.25, 0.3) is 0 Å². The van der Waals surface area contributed by atoms with Gasteiger partial charge < -0.3 is 19.5 Å². The molecule has 29 heavy (non-hydrogen) atoms. The molecular weight excluding hydrogens is 366 g/mol. The SMILES string of the molecule is COc1ccccc1CCNC[C@H]1C(=O)O[C@@H]2C[C@@]3(C)CCC[C@]4(CO4)[C@H]3C[C@H]21. The first-order chi connectivity index (χ1) is 14.0. The third kappa shape index (κ3) is 3.36. The Morgan fingerprint density at radius 1 is 1.28 bits per heavy atom. The van der Waals surface area contributed by atoms with Gasteiger partial charge in [0.1, 0.15) is 11.9 Å². The average Bonchev–Trinajstić information content (AvgIpc) is 3.41. The van der Waals surface area contributed by atoms with E-state index < -0.39 is 0 Å². The lowest BCUT2D eigenvalue weighted by Crippen LogP contribution is -2.51. The van der Waals surface area contributed by atoms with E-state index in [0.717, 1.165) is 38.2 Å². The minimum absolute atomic E-state index is 0.00203. The van der Waals surface area contributed by atoms with Crippen molar-refractivity contribution in [2.75, 3.05) is 26.8 Å². The predicted molar refractivity (Wildman–Crippen MR) is 110 cm³/mol. The number of hydrogen-bond donors (Lipinski definition) is 1. The van der Waals surface area contributed by atoms with Crippen LogP contribution in [-0.4, -0.2) is 44.5 Å². The van der Waals surface area contributed by atoms with E-state index in [1.807, 2.05) is 18.2 Å². The smallest absolute Gasteiger partial charge is 0.310 e. The average molecular weight is 400 g/mol. The predicted octanol–water partition coefficient (Wildman–Crippen LogP) is 3.35. The molecule has 2 saturated heterocycles. The summed E-state index contributed by atoms with van der Waals surface area (Å²) in [7, 11) is 1.71. The zero-order valence-electron chi connectivity index (χ0n) is 17.6. The lowest BCUT2D eigenvalue weighted by molar-refractivity contribution is -0.147. The van der Waals surface area contributed by atoms with Crippen LogP contribution in [0.4, 0.5) is 0 Å². The summed E-state index contributed by atoms with van der Waals surface area (Å²) in [5.74, 6) is 1.81. The van der Waals surface area contributed by atoms with Crippen LogP contribution >= 0.6 is 0 Å². The molecule has 1 aromatic rings. The van der Waals surface area contributed by atoms with Crippen molar-refractivity contribution >= 4 is 5.97 Å². The number of ether oxygens (including phenoxy) is 3. The van der Waals surface area contributed by atoms with Gasteiger partial charge in [0, 0.05) is 12.5 Å². The van der Waals surface area contributed by atoms with Gasteiger partial charge >= 0.3 is 5.97 Å². The number of para-hydroxylation sites is 1. The van der Waals surface area contributed by atoms with E-state index >= 15 is 0 Å². The largest absolute Gasteiger partial charge is 0.496 e. The van der Waals surface area contributed by atoms with Crippen molar-refractivity contribution in [3.8, 4) is 5.75 Å². The summed E-state index contributed by atoms with van der Waals surface area (Å²) in [6.07, 6.45) is 6.75. The molecule has 1 aromatic carbocycles. The Bertz CT molecular complexity index is 776. The lowest BCUT2D eigenvalue weighted by atomic mass is 9.53. The van der Waals surface area contributed by atoms with E-state index in [1.54, 1.807) is 7.11 Å². The van der Waals surface area contributed by atoms with E-state index in [0.29, 0.717) is 18.4 Å². The van der Waals surface area contributed by atoms with Crippen molar-refractivity contribution < 1.29 is 19.0 Å². The first kappa shape index (κ1) is 19.4. The Labute approximate surface area is 173 Å². The van der Waals surface area contributed by atoms with Crippen LogP contribution in [0.3, 0.4) is 0 Å². The van der Waals surface area contributed by atoms with Gasteiger partial charge in [0.05, 0.1) is 25.2 Å². The molecule has 5 nitrogen and oxygen atoms in total. The van der Waals surface area contributed by atoms with Crippen molar-refractivity contribution in [2.45, 2.75) is 57.2 Å². The van der Waals surface area contributed by atoms with E-state index in [1.165, 1.54) is 24.8 Å². The zero-order chi connectivity index (χ0) is 20.1. The third-order valence-electron chi connectivity index (χ3n) is 8.21. The van der Waals surface area contributed by atoms with Gasteiger partial charge in [0.15, 0.2) is 0 Å². The molecule has 2 aliphatic heterocycles. The minimum atomic E-state index is -0.0278. The van der Waals surface area contributed by atoms with Gasteiger partial charge in [0.25, 0.3) is 0 Å². The number of nitrogens with one attached hydrogen (secondary N) is 1. The first-order valence-electron chi connectivity index (χ1n) is 11.2. The highest BCUT2D eigenvalue weighted by molar-refractivity contribution is 5.75. The summed E-state index contributed by atoms with van der Waals surface area (Å²) in [5, 5.41) is 3.52. The summed E-state index contributed by atoms with van der Waals surface area (Å²) in [6.45, 7) is 4.85. The maximum absolute atomic E-state index is 12.7. The third-order valence-corrected chi connectivity index (χ3v) is 8.21. The Morgan fingerprint density at radius 2 is 2.10 bits per heavy atom. The summed E-state index contributed by atoms with van der Waals surface area (Å²) < 4.78 is 17.3. The Kier molecular flexibility index (Phi) is 4.86. The van der Waals surface area contributed by atoms with Crippen LogP contribution in [0, 0.1) is 23.2 Å². The Hall–Kier alpha value is -1.59. The molecule has 0 amide bonds. The van der Waals surface area contributed by atoms with Crippen molar-refractivity contribution in [3.05, 3.63) is 29.8 Å². The Balaban J connectivity index is 1.21. The molecule has 1 N–H and O–H groups in total. The van der Waals surface area contributed by atoms with E-state index in [2.05, 4.69) is 18.3 Å². The molecule has 0 aromatic heterocycles. The van der Waals surface area contributed by atoms with Gasteiger partial charge in [-0.25, -0.2) is 0 Å². The quantitative estimate of drug-likeness (QED) is 0.452. The molecule has 0 radical (unpaired) electrons. The van der Waals surface area contributed by atoms with Gasteiger partial charge in [-0.05, 0) is 68.0 Å². The van der Waals surface area contributed by atoms with Gasteiger partial charge in [-0.3, -0.25) is 4.79 Å². The second-order valence-electron chi connectivity index (χ2n) is 9.87. The maximum atomic E-state index is 12.7. The maximum Gasteiger partial charge on any atom is 0.310 e. The molecule has 158 valence electrons. The highest BCUT2D eigenvalue weighted by atomic mass is 16.6. The molecule has 2 heterocycles. The van der Waals surface area contributed by atoms with Gasteiger partial charge in [-0.2, -0.15) is 0 Å². The molecular formula is C24H33NO4. The van der Waals surface area contributed by atoms with Crippen LogP contribution in [0.2, 0.25) is 0 Å². The number of rotatable bonds is 6. The molecule has 2 saturated carbocycles. The van der Waals surface area contributed by atoms with Crippen molar-refractivity contribution in [2.24, 2.45) is 23.2 Å². The van der Waals surface area contributed by atoms with Gasteiger partial charge in [-0.1, -0.05) is 25.1 Å². The number of carbonyl (C=O) groups excluding carboxylic acids is 1. The summed E-state index contributed by atoms with van der Waals surface area (Å²) >= 11 is 0. The first-order valence-corrected chi connectivity index (χ1v) is 11.2. The Morgan fingerprint density at radius 3 is 2.90 bits per heavy atom. The van der Waals surface area contributed by atoms with E-state index in [-0.39, 0.29) is 29.0 Å². The fourth-order valence-electron chi connectivity index (χ4n) is 6.58. The fraction of sp³-hybridized carbons (Fsp3) is 0.708. The van der Waals surface area contributed by atoms with E-state index in [4.69, 9.17) is 14.2 Å². The molecule has 0 unspecified atom stereocenters. The normalized spacial score (nSPS) is 40.3. The second kappa shape index (κ2) is 7.28. The summed E-state index contributed by atoms with van der Waals surface area (Å²) in [4.78, 5) is 12.7. The van der Waals surface area contributed by atoms with Crippen molar-refractivity contribution in [1.29, 1.82) is 0 Å². The number of methoxy groups -OCH3 is 1. The molecule has 4 aliphatic rings. The van der Waals surface area contributed by atoms with E-state index in [9.17, 15) is 4.79 Å². The highest BCUT2D eigenvalue weighted by Gasteiger charge is 2.64. The molecule has 1 spiro atoms. The number of epoxide rings is 1. The van der Waals surface area contributed by atoms with Crippen LogP contribution in [-0.2, 0) is 20.7 Å². The summed E-state index contributed by atoms with van der Waals surface area (Å²) in [6, 6.07) is 8.12. The molecule has 6 atom stereocenters. The molecule has 4 fully saturated rings. The standard InChI is InChI=1S/C24H33NO4/c1-23-9-5-10-24(15-28-24)21(23)12-17-18(22(26)29-20(17)13-23)14-25-11-8-16-6-3-4-7-19(16)27-2/h3-4,6-7,17-18,20-21,25H,5,8-15H2,1-2H3/t17-,18+,20+,21-,23+,24-/m0/s1. The van der Waals surface area contributed by atoms with Crippen LogP contribution < -0.4 is 10.1 Å². The van der Waals surface area contributed by atoms with Crippen molar-refractivity contribution in [1.82, 2.24) is 5.32 Å². The molecule has 2 aliphatic carbocycles. The van der Waals surface area contributed by atoms with Crippen LogP contribution in [0.5, 0.6) is 5.75 Å². The number of carbonyl (C=O) groups is 1. The topological polar surface area (TPSA) is 60.1 Å². The van der Waals surface area contributed by atoms with Gasteiger partial charge in [0.2, 0.25) is 0 Å². The molecule has 5 rings (SSSR count). The summed E-state index contributed by atoms with van der Waals surface area (Å²) in [5.41, 5.74) is 1.58. The fourth-order valence-corrected chi connectivity index (χ4v) is 6.58.